The molecule has 0 amide bonds. The number of hydrogen-bond donors (Lipinski definition) is 0. The molecule has 16 heavy (non-hydrogen) atoms. The van der Waals surface area contributed by atoms with Crippen LogP contribution in [-0.4, -0.2) is 49.6 Å². The summed E-state index contributed by atoms with van der Waals surface area (Å²) in [5, 5.41) is 0. The third-order valence-corrected chi connectivity index (χ3v) is 3.75. The van der Waals surface area contributed by atoms with Crippen LogP contribution in [0.5, 0.6) is 0 Å². The molecule has 0 unspecified atom stereocenters. The van der Waals surface area contributed by atoms with E-state index in [1.54, 1.807) is 0 Å². The SMILES string of the molecule is CC1CCN(C)CC1.CCCN1CCCC1. The van der Waals surface area contributed by atoms with Gasteiger partial charge in [-0.2, -0.15) is 0 Å². The molecule has 0 saturated carbocycles. The molecule has 0 radical (unpaired) electrons. The second-order valence-corrected chi connectivity index (χ2v) is 5.53. The molecule has 2 heteroatoms. The highest BCUT2D eigenvalue weighted by atomic mass is 15.1. The molecule has 0 atom stereocenters. The van der Waals surface area contributed by atoms with Crippen molar-refractivity contribution >= 4 is 0 Å². The van der Waals surface area contributed by atoms with Crippen molar-refractivity contribution in [2.45, 2.75) is 46.0 Å². The summed E-state index contributed by atoms with van der Waals surface area (Å²) in [5.74, 6) is 0.978. The van der Waals surface area contributed by atoms with E-state index < -0.39 is 0 Å². The van der Waals surface area contributed by atoms with Crippen LogP contribution in [0.4, 0.5) is 0 Å². The number of nitrogens with zero attached hydrogens (tertiary/aromatic N) is 2. The first kappa shape index (κ1) is 14.0. The number of hydrogen-bond acceptors (Lipinski definition) is 2. The van der Waals surface area contributed by atoms with Gasteiger partial charge in [-0.05, 0) is 77.8 Å². The van der Waals surface area contributed by atoms with Crippen LogP contribution in [0.1, 0.15) is 46.0 Å². The lowest BCUT2D eigenvalue weighted by Gasteiger charge is -2.26. The van der Waals surface area contributed by atoms with E-state index in [4.69, 9.17) is 0 Å². The van der Waals surface area contributed by atoms with Crippen molar-refractivity contribution in [1.82, 2.24) is 9.80 Å². The Balaban J connectivity index is 0.000000160. The Morgan fingerprint density at radius 3 is 2.00 bits per heavy atom. The molecule has 2 heterocycles. The van der Waals surface area contributed by atoms with Gasteiger partial charge in [0, 0.05) is 0 Å². The van der Waals surface area contributed by atoms with Crippen molar-refractivity contribution in [2.75, 3.05) is 39.8 Å². The van der Waals surface area contributed by atoms with Crippen LogP contribution in [0.2, 0.25) is 0 Å². The maximum absolute atomic E-state index is 2.54. The van der Waals surface area contributed by atoms with Gasteiger partial charge in [-0.3, -0.25) is 0 Å². The largest absolute Gasteiger partial charge is 0.306 e. The zero-order valence-corrected chi connectivity index (χ0v) is 11.5. The normalized spacial score (nSPS) is 24.2. The van der Waals surface area contributed by atoms with Gasteiger partial charge in [-0.1, -0.05) is 13.8 Å². The Morgan fingerprint density at radius 2 is 1.56 bits per heavy atom. The Kier molecular flexibility index (Phi) is 7.06. The summed E-state index contributed by atoms with van der Waals surface area (Å²) >= 11 is 0. The predicted octanol–water partition coefficient (Wildman–Crippen LogP) is 2.84. The van der Waals surface area contributed by atoms with Crippen LogP contribution in [0.25, 0.3) is 0 Å². The molecule has 2 rings (SSSR count). The van der Waals surface area contributed by atoms with Crippen molar-refractivity contribution in [1.29, 1.82) is 0 Å². The van der Waals surface area contributed by atoms with Crippen LogP contribution >= 0.6 is 0 Å². The highest BCUT2D eigenvalue weighted by Gasteiger charge is 2.10. The average Bonchev–Trinajstić information content (AvgIpc) is 2.77. The van der Waals surface area contributed by atoms with Gasteiger partial charge >= 0.3 is 0 Å². The molecule has 2 aliphatic rings. The van der Waals surface area contributed by atoms with Gasteiger partial charge in [0.2, 0.25) is 0 Å². The van der Waals surface area contributed by atoms with E-state index in [2.05, 4.69) is 30.7 Å². The lowest BCUT2D eigenvalue weighted by molar-refractivity contribution is 0.230. The molecule has 0 aromatic rings. The van der Waals surface area contributed by atoms with Gasteiger partial charge in [0.1, 0.15) is 0 Å². The van der Waals surface area contributed by atoms with Crippen molar-refractivity contribution in [2.24, 2.45) is 5.92 Å². The molecule has 0 aromatic carbocycles. The van der Waals surface area contributed by atoms with E-state index in [9.17, 15) is 0 Å². The summed E-state index contributed by atoms with van der Waals surface area (Å²) in [6, 6.07) is 0. The standard InChI is InChI=1S/2C7H15N/c1-7-3-5-8(2)6-4-7;1-2-5-8-6-3-4-7-8/h7H,3-6H2,1-2H3;2-7H2,1H3. The summed E-state index contributed by atoms with van der Waals surface area (Å²) in [4.78, 5) is 4.94. The fourth-order valence-electron chi connectivity index (χ4n) is 2.46. The lowest BCUT2D eigenvalue weighted by Crippen LogP contribution is -2.28. The van der Waals surface area contributed by atoms with E-state index in [0.29, 0.717) is 0 Å². The van der Waals surface area contributed by atoms with Crippen LogP contribution in [0, 0.1) is 5.92 Å². The van der Waals surface area contributed by atoms with Crippen LogP contribution in [-0.2, 0) is 0 Å². The maximum atomic E-state index is 2.54. The summed E-state index contributed by atoms with van der Waals surface area (Å²) in [7, 11) is 2.20. The zero-order valence-electron chi connectivity index (χ0n) is 11.5. The number of likely N-dealkylation sites (tertiary alicyclic amines) is 2. The second-order valence-electron chi connectivity index (χ2n) is 5.53. The van der Waals surface area contributed by atoms with Gasteiger partial charge in [-0.15, -0.1) is 0 Å². The van der Waals surface area contributed by atoms with Crippen molar-refractivity contribution in [3.05, 3.63) is 0 Å². The summed E-state index contributed by atoms with van der Waals surface area (Å²) in [6.07, 6.45) is 6.98. The summed E-state index contributed by atoms with van der Waals surface area (Å²) in [5.41, 5.74) is 0. The third-order valence-electron chi connectivity index (χ3n) is 3.75. The molecule has 0 spiro atoms. The molecule has 2 aliphatic heterocycles. The minimum Gasteiger partial charge on any atom is -0.306 e. The predicted molar refractivity (Wildman–Crippen MR) is 71.9 cm³/mol. The second kappa shape index (κ2) is 8.08. The Hall–Kier alpha value is -0.0800. The van der Waals surface area contributed by atoms with Crippen molar-refractivity contribution < 1.29 is 0 Å². The molecule has 96 valence electrons. The first-order valence-electron chi connectivity index (χ1n) is 7.13. The Morgan fingerprint density at radius 1 is 1.00 bits per heavy atom. The van der Waals surface area contributed by atoms with Crippen LogP contribution in [0.3, 0.4) is 0 Å². The fourth-order valence-corrected chi connectivity index (χ4v) is 2.46. The molecule has 2 nitrogen and oxygen atoms in total. The van der Waals surface area contributed by atoms with E-state index in [1.807, 2.05) is 0 Å². The average molecular weight is 226 g/mol. The first-order chi connectivity index (χ1) is 7.72. The molecular weight excluding hydrogens is 196 g/mol. The molecule has 2 saturated heterocycles. The van der Waals surface area contributed by atoms with Crippen molar-refractivity contribution in [3.63, 3.8) is 0 Å². The zero-order chi connectivity index (χ0) is 11.8. The highest BCUT2D eigenvalue weighted by molar-refractivity contribution is 4.65. The minimum atomic E-state index is 0.978. The molecule has 0 aromatic heterocycles. The Bertz CT molecular complexity index is 146. The minimum absolute atomic E-state index is 0.978. The molecule has 0 N–H and O–H groups in total. The summed E-state index contributed by atoms with van der Waals surface area (Å²) < 4.78 is 0. The topological polar surface area (TPSA) is 6.48 Å². The quantitative estimate of drug-likeness (QED) is 0.714. The molecular formula is C14H30N2. The van der Waals surface area contributed by atoms with E-state index in [0.717, 1.165) is 5.92 Å². The third kappa shape index (κ3) is 5.86. The number of piperidine rings is 1. The fraction of sp³-hybridized carbons (Fsp3) is 1.00. The van der Waals surface area contributed by atoms with Gasteiger partial charge in [-0.25, -0.2) is 0 Å². The molecule has 2 fully saturated rings. The van der Waals surface area contributed by atoms with Gasteiger partial charge in [0.15, 0.2) is 0 Å². The monoisotopic (exact) mass is 226 g/mol. The lowest BCUT2D eigenvalue weighted by atomic mass is 10.00. The van der Waals surface area contributed by atoms with E-state index in [-0.39, 0.29) is 0 Å². The van der Waals surface area contributed by atoms with E-state index >= 15 is 0 Å². The van der Waals surface area contributed by atoms with Gasteiger partial charge in [0.05, 0.1) is 0 Å². The maximum Gasteiger partial charge on any atom is -0.00183 e. The van der Waals surface area contributed by atoms with Gasteiger partial charge < -0.3 is 9.80 Å². The molecule has 0 bridgehead atoms. The van der Waals surface area contributed by atoms with Crippen LogP contribution < -0.4 is 0 Å². The van der Waals surface area contributed by atoms with Crippen LogP contribution in [0.15, 0.2) is 0 Å². The van der Waals surface area contributed by atoms with Crippen molar-refractivity contribution in [3.8, 4) is 0 Å². The van der Waals surface area contributed by atoms with E-state index in [1.165, 1.54) is 64.8 Å². The first-order valence-corrected chi connectivity index (χ1v) is 7.13. The van der Waals surface area contributed by atoms with Gasteiger partial charge in [0.25, 0.3) is 0 Å². The Labute approximate surface area is 102 Å². The number of rotatable bonds is 2. The smallest absolute Gasteiger partial charge is 0.00183 e. The molecule has 0 aliphatic carbocycles. The highest BCUT2D eigenvalue weighted by Crippen LogP contribution is 2.13. The summed E-state index contributed by atoms with van der Waals surface area (Å²) in [6.45, 7) is 11.2.